The molecular weight excluding hydrogens is 307 g/mol. The largest absolute Gasteiger partial charge is 0.444 e. The van der Waals surface area contributed by atoms with Crippen molar-refractivity contribution in [2.45, 2.75) is 39.0 Å². The van der Waals surface area contributed by atoms with Crippen LogP contribution in [0.15, 0.2) is 30.3 Å². The van der Waals surface area contributed by atoms with Gasteiger partial charge in [0.1, 0.15) is 5.60 Å². The molecule has 23 heavy (non-hydrogen) atoms. The molecule has 0 N–H and O–H groups in total. The summed E-state index contributed by atoms with van der Waals surface area (Å²) in [5.41, 5.74) is 0.260. The number of carbonyl (C=O) groups excluding carboxylic acids is 1. The molecule has 0 saturated carbocycles. The van der Waals surface area contributed by atoms with Crippen molar-refractivity contribution in [1.82, 2.24) is 4.90 Å². The second-order valence-electron chi connectivity index (χ2n) is 6.50. The standard InChI is InChI=1S/C17H20F3NO2/c1-16(2,3)23-15(22)21-10-4-5-13(11-21)12-6-8-14(9-7-12)17(18,19)20/h5-9H,4,10-11H2,1-3H3. The van der Waals surface area contributed by atoms with Gasteiger partial charge in [0.05, 0.1) is 5.56 Å². The van der Waals surface area contributed by atoms with E-state index in [0.717, 1.165) is 17.7 Å². The fourth-order valence-corrected chi connectivity index (χ4v) is 2.31. The van der Waals surface area contributed by atoms with E-state index in [9.17, 15) is 18.0 Å². The van der Waals surface area contributed by atoms with E-state index >= 15 is 0 Å². The van der Waals surface area contributed by atoms with Crippen LogP contribution in [0.2, 0.25) is 0 Å². The number of benzene rings is 1. The van der Waals surface area contributed by atoms with Gasteiger partial charge in [-0.2, -0.15) is 13.2 Å². The SMILES string of the molecule is CC(C)(C)OC(=O)N1CCC=C(c2ccc(C(F)(F)F)cc2)C1. The van der Waals surface area contributed by atoms with E-state index in [1.54, 1.807) is 25.7 Å². The van der Waals surface area contributed by atoms with Crippen LogP contribution in [-0.2, 0) is 10.9 Å². The number of nitrogens with zero attached hydrogens (tertiary/aromatic N) is 1. The molecule has 0 atom stereocenters. The van der Waals surface area contributed by atoms with E-state index in [-0.39, 0.29) is 0 Å². The first-order valence-corrected chi connectivity index (χ1v) is 7.41. The van der Waals surface area contributed by atoms with Crippen LogP contribution < -0.4 is 0 Å². The predicted octanol–water partition coefficient (Wildman–Crippen LogP) is 4.73. The number of hydrogen-bond acceptors (Lipinski definition) is 2. The van der Waals surface area contributed by atoms with Crippen molar-refractivity contribution in [2.75, 3.05) is 13.1 Å². The van der Waals surface area contributed by atoms with Gasteiger partial charge >= 0.3 is 12.3 Å². The number of amides is 1. The summed E-state index contributed by atoms with van der Waals surface area (Å²) >= 11 is 0. The first-order chi connectivity index (χ1) is 10.6. The molecule has 1 amide bonds. The Morgan fingerprint density at radius 3 is 2.26 bits per heavy atom. The molecule has 0 unspecified atom stereocenters. The third kappa shape index (κ3) is 4.74. The molecule has 6 heteroatoms. The molecule has 0 aliphatic carbocycles. The number of rotatable bonds is 1. The van der Waals surface area contributed by atoms with E-state index in [2.05, 4.69) is 0 Å². The Labute approximate surface area is 133 Å². The molecule has 1 heterocycles. The highest BCUT2D eigenvalue weighted by molar-refractivity contribution is 5.75. The van der Waals surface area contributed by atoms with Gasteiger partial charge in [0.2, 0.25) is 0 Å². The van der Waals surface area contributed by atoms with Gasteiger partial charge in [-0.3, -0.25) is 0 Å². The van der Waals surface area contributed by atoms with Gasteiger partial charge < -0.3 is 9.64 Å². The Morgan fingerprint density at radius 1 is 1.13 bits per heavy atom. The monoisotopic (exact) mass is 327 g/mol. The van der Waals surface area contributed by atoms with E-state index in [1.165, 1.54) is 12.1 Å². The molecule has 0 saturated heterocycles. The summed E-state index contributed by atoms with van der Waals surface area (Å²) in [7, 11) is 0. The maximum atomic E-state index is 12.6. The summed E-state index contributed by atoms with van der Waals surface area (Å²) in [6, 6.07) is 4.99. The molecule has 0 aromatic heterocycles. The lowest BCUT2D eigenvalue weighted by Crippen LogP contribution is -2.39. The van der Waals surface area contributed by atoms with Crippen molar-refractivity contribution < 1.29 is 22.7 Å². The zero-order chi connectivity index (χ0) is 17.3. The smallest absolute Gasteiger partial charge is 0.416 e. The normalized spacial score (nSPS) is 16.1. The van der Waals surface area contributed by atoms with E-state index in [0.29, 0.717) is 25.1 Å². The van der Waals surface area contributed by atoms with Gasteiger partial charge in [0.25, 0.3) is 0 Å². The molecule has 1 aliphatic heterocycles. The van der Waals surface area contributed by atoms with Crippen molar-refractivity contribution >= 4 is 11.7 Å². The van der Waals surface area contributed by atoms with Crippen molar-refractivity contribution in [2.24, 2.45) is 0 Å². The molecule has 126 valence electrons. The first kappa shape index (κ1) is 17.4. The molecule has 0 radical (unpaired) electrons. The average Bonchev–Trinajstić information content (AvgIpc) is 2.45. The highest BCUT2D eigenvalue weighted by Gasteiger charge is 2.30. The van der Waals surface area contributed by atoms with Crippen LogP contribution in [0, 0.1) is 0 Å². The minimum Gasteiger partial charge on any atom is -0.444 e. The average molecular weight is 327 g/mol. The maximum Gasteiger partial charge on any atom is 0.416 e. The lowest BCUT2D eigenvalue weighted by atomic mass is 10.00. The Balaban J connectivity index is 2.09. The third-order valence-corrected chi connectivity index (χ3v) is 3.39. The Morgan fingerprint density at radius 2 is 1.74 bits per heavy atom. The van der Waals surface area contributed by atoms with Gasteiger partial charge in [-0.25, -0.2) is 4.79 Å². The fraction of sp³-hybridized carbons (Fsp3) is 0.471. The maximum absolute atomic E-state index is 12.6. The quantitative estimate of drug-likeness (QED) is 0.746. The van der Waals surface area contributed by atoms with Gasteiger partial charge in [0, 0.05) is 13.1 Å². The highest BCUT2D eigenvalue weighted by atomic mass is 19.4. The molecule has 0 bridgehead atoms. The molecule has 0 fully saturated rings. The van der Waals surface area contributed by atoms with Crippen LogP contribution in [0.25, 0.3) is 5.57 Å². The summed E-state index contributed by atoms with van der Waals surface area (Å²) in [5.74, 6) is 0. The number of alkyl halides is 3. The molecule has 3 nitrogen and oxygen atoms in total. The Kier molecular flexibility index (Phi) is 4.73. The summed E-state index contributed by atoms with van der Waals surface area (Å²) in [6.07, 6.45) is -2.16. The van der Waals surface area contributed by atoms with E-state index in [4.69, 9.17) is 4.74 Å². The van der Waals surface area contributed by atoms with Crippen molar-refractivity contribution in [1.29, 1.82) is 0 Å². The van der Waals surface area contributed by atoms with Crippen LogP contribution in [0.5, 0.6) is 0 Å². The van der Waals surface area contributed by atoms with E-state index in [1.807, 2.05) is 6.08 Å². The predicted molar refractivity (Wildman–Crippen MR) is 81.8 cm³/mol. The topological polar surface area (TPSA) is 29.5 Å². The Bertz CT molecular complexity index is 598. The molecule has 1 aromatic carbocycles. The summed E-state index contributed by atoms with van der Waals surface area (Å²) in [5, 5.41) is 0. The zero-order valence-corrected chi connectivity index (χ0v) is 13.4. The molecule has 1 aliphatic rings. The summed E-state index contributed by atoms with van der Waals surface area (Å²) < 4.78 is 43.1. The minimum absolute atomic E-state index is 0.334. The van der Waals surface area contributed by atoms with Crippen molar-refractivity contribution in [3.63, 3.8) is 0 Å². The van der Waals surface area contributed by atoms with Gasteiger partial charge in [-0.05, 0) is 50.5 Å². The van der Waals surface area contributed by atoms with Crippen LogP contribution in [-0.4, -0.2) is 29.7 Å². The fourth-order valence-electron chi connectivity index (χ4n) is 2.31. The van der Waals surface area contributed by atoms with Crippen LogP contribution in [0.4, 0.5) is 18.0 Å². The molecular formula is C17H20F3NO2. The zero-order valence-electron chi connectivity index (χ0n) is 13.4. The number of halogens is 3. The summed E-state index contributed by atoms with van der Waals surface area (Å²) in [4.78, 5) is 13.7. The van der Waals surface area contributed by atoms with Crippen LogP contribution in [0.1, 0.15) is 38.3 Å². The number of ether oxygens (including phenoxy) is 1. The van der Waals surface area contributed by atoms with Crippen LogP contribution in [0.3, 0.4) is 0 Å². The van der Waals surface area contributed by atoms with Gasteiger partial charge in [-0.15, -0.1) is 0 Å². The molecule has 1 aromatic rings. The van der Waals surface area contributed by atoms with Crippen molar-refractivity contribution in [3.05, 3.63) is 41.5 Å². The second kappa shape index (κ2) is 6.26. The molecule has 2 rings (SSSR count). The summed E-state index contributed by atoms with van der Waals surface area (Å²) in [6.45, 7) is 6.25. The number of hydrogen-bond donors (Lipinski definition) is 0. The second-order valence-corrected chi connectivity index (χ2v) is 6.50. The lowest BCUT2D eigenvalue weighted by molar-refractivity contribution is -0.137. The van der Waals surface area contributed by atoms with Crippen molar-refractivity contribution in [3.8, 4) is 0 Å². The first-order valence-electron chi connectivity index (χ1n) is 7.41. The third-order valence-electron chi connectivity index (χ3n) is 3.39. The van der Waals surface area contributed by atoms with Gasteiger partial charge in [0.15, 0.2) is 0 Å². The van der Waals surface area contributed by atoms with E-state index < -0.39 is 23.4 Å². The van der Waals surface area contributed by atoms with Gasteiger partial charge in [-0.1, -0.05) is 18.2 Å². The lowest BCUT2D eigenvalue weighted by Gasteiger charge is -2.30. The van der Waals surface area contributed by atoms with Crippen LogP contribution >= 0.6 is 0 Å². The minimum atomic E-state index is -4.35. The molecule has 0 spiro atoms. The number of carbonyl (C=O) groups is 1. The highest BCUT2D eigenvalue weighted by Crippen LogP contribution is 2.31. The Hall–Kier alpha value is -1.98.